The van der Waals surface area contributed by atoms with Crippen LogP contribution in [0.1, 0.15) is 19.8 Å². The Labute approximate surface area is 158 Å². The fourth-order valence-corrected chi connectivity index (χ4v) is 3.22. The van der Waals surface area contributed by atoms with Crippen LogP contribution in [0.15, 0.2) is 33.7 Å². The van der Waals surface area contributed by atoms with Gasteiger partial charge in [-0.25, -0.2) is 0 Å². The summed E-state index contributed by atoms with van der Waals surface area (Å²) in [7, 11) is 1.75. The minimum Gasteiger partial charge on any atom is -0.488 e. The van der Waals surface area contributed by atoms with E-state index in [2.05, 4.69) is 31.6 Å². The van der Waals surface area contributed by atoms with Crippen LogP contribution in [0.2, 0.25) is 0 Å². The summed E-state index contributed by atoms with van der Waals surface area (Å²) >= 11 is 3.49. The van der Waals surface area contributed by atoms with E-state index >= 15 is 0 Å². The van der Waals surface area contributed by atoms with Crippen molar-refractivity contribution in [3.05, 3.63) is 28.7 Å². The molecule has 1 aromatic carbocycles. The lowest BCUT2D eigenvalue weighted by Crippen LogP contribution is -2.46. The second-order valence-corrected chi connectivity index (χ2v) is 7.30. The van der Waals surface area contributed by atoms with Gasteiger partial charge in [0.1, 0.15) is 11.9 Å². The number of rotatable bonds is 8. The lowest BCUT2D eigenvalue weighted by Gasteiger charge is -2.28. The van der Waals surface area contributed by atoms with E-state index in [0.29, 0.717) is 13.2 Å². The van der Waals surface area contributed by atoms with Gasteiger partial charge in [-0.2, -0.15) is 0 Å². The minimum atomic E-state index is -0.0153. The van der Waals surface area contributed by atoms with E-state index in [1.807, 2.05) is 31.2 Å². The number of ether oxygens (including phenoxy) is 2. The van der Waals surface area contributed by atoms with Crippen LogP contribution < -0.4 is 15.4 Å². The Bertz CT molecular complexity index is 562. The van der Waals surface area contributed by atoms with Gasteiger partial charge in [0.25, 0.3) is 0 Å². The van der Waals surface area contributed by atoms with Crippen LogP contribution in [0.4, 0.5) is 0 Å². The first-order chi connectivity index (χ1) is 12.1. The standard InChI is InChI=1S/C18H28BrN3O3/c1-14(25-16-6-4-3-5-15(16)19)11-21-17(20-2)22-12-18(7-9-23)8-10-24-13-18/h3-6,14,23H,7-13H2,1-2H3,(H2,20,21,22). The number of aliphatic hydroxyl groups is 1. The molecule has 1 heterocycles. The molecule has 140 valence electrons. The smallest absolute Gasteiger partial charge is 0.191 e. The van der Waals surface area contributed by atoms with E-state index in [1.54, 1.807) is 7.05 Å². The average Bonchev–Trinajstić information content (AvgIpc) is 3.06. The first kappa shape index (κ1) is 20.0. The van der Waals surface area contributed by atoms with Crippen LogP contribution in [-0.2, 0) is 4.74 Å². The summed E-state index contributed by atoms with van der Waals surface area (Å²) in [4.78, 5) is 4.26. The van der Waals surface area contributed by atoms with Crippen molar-refractivity contribution >= 4 is 21.9 Å². The van der Waals surface area contributed by atoms with Gasteiger partial charge in [-0.1, -0.05) is 12.1 Å². The highest BCUT2D eigenvalue weighted by molar-refractivity contribution is 9.10. The molecule has 1 fully saturated rings. The van der Waals surface area contributed by atoms with Crippen molar-refractivity contribution in [2.24, 2.45) is 10.4 Å². The van der Waals surface area contributed by atoms with E-state index in [1.165, 1.54) is 0 Å². The molecule has 2 rings (SSSR count). The first-order valence-corrected chi connectivity index (χ1v) is 9.42. The van der Waals surface area contributed by atoms with Crippen molar-refractivity contribution in [3.63, 3.8) is 0 Å². The number of halogens is 1. The van der Waals surface area contributed by atoms with E-state index < -0.39 is 0 Å². The molecule has 0 bridgehead atoms. The Balaban J connectivity index is 1.79. The molecule has 0 spiro atoms. The summed E-state index contributed by atoms with van der Waals surface area (Å²) in [6.07, 6.45) is 1.68. The molecule has 3 N–H and O–H groups in total. The van der Waals surface area contributed by atoms with Crippen LogP contribution in [0.5, 0.6) is 5.75 Å². The summed E-state index contributed by atoms with van der Waals surface area (Å²) in [6.45, 7) is 4.98. The van der Waals surface area contributed by atoms with E-state index in [9.17, 15) is 5.11 Å². The number of aliphatic imine (C=N–C) groups is 1. The first-order valence-electron chi connectivity index (χ1n) is 8.63. The van der Waals surface area contributed by atoms with E-state index in [4.69, 9.17) is 9.47 Å². The predicted molar refractivity (Wildman–Crippen MR) is 103 cm³/mol. The number of nitrogens with zero attached hydrogens (tertiary/aromatic N) is 1. The summed E-state index contributed by atoms with van der Waals surface area (Å²) < 4.78 is 12.4. The molecule has 0 aliphatic carbocycles. The normalized spacial score (nSPS) is 21.8. The maximum absolute atomic E-state index is 9.30. The molecule has 7 heteroatoms. The van der Waals surface area contributed by atoms with Crippen molar-refractivity contribution in [3.8, 4) is 5.75 Å². The molecule has 1 saturated heterocycles. The van der Waals surface area contributed by atoms with E-state index in [0.717, 1.165) is 42.2 Å². The third-order valence-electron chi connectivity index (χ3n) is 4.40. The SMILES string of the molecule is CN=C(NCC(C)Oc1ccccc1Br)NCC1(CCO)CCOC1. The van der Waals surface area contributed by atoms with Crippen molar-refractivity contribution in [1.82, 2.24) is 10.6 Å². The molecule has 6 nitrogen and oxygen atoms in total. The number of nitrogens with one attached hydrogen (secondary N) is 2. The van der Waals surface area contributed by atoms with Crippen LogP contribution in [0.25, 0.3) is 0 Å². The molecule has 0 aromatic heterocycles. The number of hydrogen-bond donors (Lipinski definition) is 3. The third kappa shape index (κ3) is 6.17. The van der Waals surface area contributed by atoms with Gasteiger partial charge in [0.15, 0.2) is 5.96 Å². The van der Waals surface area contributed by atoms with Gasteiger partial charge in [-0.3, -0.25) is 4.99 Å². The zero-order valence-electron chi connectivity index (χ0n) is 14.9. The number of guanidine groups is 1. The van der Waals surface area contributed by atoms with Crippen molar-refractivity contribution in [2.45, 2.75) is 25.9 Å². The van der Waals surface area contributed by atoms with Gasteiger partial charge in [-0.15, -0.1) is 0 Å². The molecule has 25 heavy (non-hydrogen) atoms. The maximum atomic E-state index is 9.30. The Kier molecular flexibility index (Phi) is 7.99. The molecule has 2 unspecified atom stereocenters. The van der Waals surface area contributed by atoms with Crippen LogP contribution in [0, 0.1) is 5.41 Å². The fraction of sp³-hybridized carbons (Fsp3) is 0.611. The monoisotopic (exact) mass is 413 g/mol. The van der Waals surface area contributed by atoms with Crippen LogP contribution in [0.3, 0.4) is 0 Å². The van der Waals surface area contributed by atoms with Crippen molar-refractivity contribution in [2.75, 3.05) is 40.0 Å². The highest BCUT2D eigenvalue weighted by Gasteiger charge is 2.34. The summed E-state index contributed by atoms with van der Waals surface area (Å²) in [5, 5.41) is 15.9. The van der Waals surface area contributed by atoms with Gasteiger partial charge < -0.3 is 25.2 Å². The Morgan fingerprint density at radius 1 is 1.44 bits per heavy atom. The Morgan fingerprint density at radius 3 is 2.88 bits per heavy atom. The van der Waals surface area contributed by atoms with Crippen LogP contribution >= 0.6 is 15.9 Å². The molecule has 1 aliphatic rings. The third-order valence-corrected chi connectivity index (χ3v) is 5.06. The molecule has 0 radical (unpaired) electrons. The highest BCUT2D eigenvalue weighted by Crippen LogP contribution is 2.31. The summed E-state index contributed by atoms with van der Waals surface area (Å²) in [6, 6.07) is 7.80. The molecule has 0 saturated carbocycles. The zero-order chi connectivity index (χ0) is 18.1. The average molecular weight is 414 g/mol. The highest BCUT2D eigenvalue weighted by atomic mass is 79.9. The van der Waals surface area contributed by atoms with Gasteiger partial charge in [-0.05, 0) is 47.8 Å². The molecule has 1 aliphatic heterocycles. The van der Waals surface area contributed by atoms with E-state index in [-0.39, 0.29) is 18.1 Å². The Hall–Kier alpha value is -1.31. The summed E-state index contributed by atoms with van der Waals surface area (Å²) in [5.74, 6) is 1.55. The largest absolute Gasteiger partial charge is 0.488 e. The molecular weight excluding hydrogens is 386 g/mol. The quantitative estimate of drug-likeness (QED) is 0.449. The van der Waals surface area contributed by atoms with Crippen molar-refractivity contribution < 1.29 is 14.6 Å². The second-order valence-electron chi connectivity index (χ2n) is 6.44. The number of benzene rings is 1. The zero-order valence-corrected chi connectivity index (χ0v) is 16.5. The fourth-order valence-electron chi connectivity index (χ4n) is 2.84. The lowest BCUT2D eigenvalue weighted by atomic mass is 9.84. The maximum Gasteiger partial charge on any atom is 0.191 e. The number of para-hydroxylation sites is 1. The van der Waals surface area contributed by atoms with Gasteiger partial charge in [0.05, 0.1) is 17.6 Å². The number of hydrogen-bond acceptors (Lipinski definition) is 4. The van der Waals surface area contributed by atoms with Crippen LogP contribution in [-0.4, -0.2) is 57.1 Å². The topological polar surface area (TPSA) is 75.1 Å². The lowest BCUT2D eigenvalue weighted by molar-refractivity contribution is 0.127. The molecular formula is C18H28BrN3O3. The minimum absolute atomic E-state index is 0.0105. The Morgan fingerprint density at radius 2 is 2.24 bits per heavy atom. The van der Waals surface area contributed by atoms with Gasteiger partial charge in [0.2, 0.25) is 0 Å². The van der Waals surface area contributed by atoms with Gasteiger partial charge in [0, 0.05) is 32.2 Å². The molecule has 2 atom stereocenters. The van der Waals surface area contributed by atoms with Gasteiger partial charge >= 0.3 is 0 Å². The second kappa shape index (κ2) is 9.99. The van der Waals surface area contributed by atoms with Crippen molar-refractivity contribution in [1.29, 1.82) is 0 Å². The predicted octanol–water partition coefficient (Wildman–Crippen LogP) is 2.17. The summed E-state index contributed by atoms with van der Waals surface area (Å²) in [5.41, 5.74) is -0.0105. The number of aliphatic hydroxyl groups excluding tert-OH is 1. The molecule has 0 amide bonds. The molecule has 1 aromatic rings.